The number of carbonyl (C=O) groups excluding carboxylic acids is 1. The fraction of sp³-hybridized carbons (Fsp3) is 0.238. The van der Waals surface area contributed by atoms with Crippen molar-refractivity contribution < 1.29 is 14.7 Å². The first-order valence-electron chi connectivity index (χ1n) is 8.96. The molecule has 0 saturated carbocycles. The molecule has 2 aromatic heterocycles. The van der Waals surface area contributed by atoms with Crippen LogP contribution >= 0.6 is 11.3 Å². The molecule has 0 fully saturated rings. The van der Waals surface area contributed by atoms with Gasteiger partial charge in [0.15, 0.2) is 0 Å². The number of nitrogens with zero attached hydrogens (tertiary/aromatic N) is 1. The third-order valence-electron chi connectivity index (χ3n) is 4.31. The molecule has 3 aromatic rings. The van der Waals surface area contributed by atoms with Crippen LogP contribution in [0.15, 0.2) is 47.3 Å². The molecular weight excluding hydrogens is 390 g/mol. The maximum absolute atomic E-state index is 11.4. The molecule has 29 heavy (non-hydrogen) atoms. The predicted molar refractivity (Wildman–Crippen MR) is 112 cm³/mol. The van der Waals surface area contributed by atoms with Crippen molar-refractivity contribution >= 4 is 28.3 Å². The third kappa shape index (κ3) is 5.23. The topological polar surface area (TPSA) is 109 Å². The number of aromatic nitrogens is 1. The maximum Gasteiger partial charge on any atom is 0.339 e. The highest BCUT2D eigenvalue weighted by atomic mass is 32.1. The van der Waals surface area contributed by atoms with E-state index in [-0.39, 0.29) is 11.7 Å². The van der Waals surface area contributed by atoms with E-state index in [1.54, 1.807) is 13.0 Å². The minimum absolute atomic E-state index is 0.123. The number of fused-ring (bicyclic) bond motifs is 1. The molecule has 0 bridgehead atoms. The molecule has 0 radical (unpaired) electrons. The Morgan fingerprint density at radius 3 is 2.83 bits per heavy atom. The monoisotopic (exact) mass is 411 g/mol. The Morgan fingerprint density at radius 2 is 2.07 bits per heavy atom. The summed E-state index contributed by atoms with van der Waals surface area (Å²) in [6.07, 6.45) is -0.126. The van der Waals surface area contributed by atoms with E-state index in [0.717, 1.165) is 26.2 Å². The molecule has 2 heterocycles. The Hall–Kier alpha value is -3.12. The summed E-state index contributed by atoms with van der Waals surface area (Å²) in [6.45, 7) is 3.98. The molecule has 8 heteroatoms. The van der Waals surface area contributed by atoms with E-state index in [2.05, 4.69) is 16.8 Å². The van der Waals surface area contributed by atoms with Crippen molar-refractivity contribution in [1.82, 2.24) is 10.0 Å². The number of carbonyl (C=O) groups is 1. The highest BCUT2D eigenvalue weighted by Crippen LogP contribution is 2.26. The molecule has 0 saturated heterocycles. The van der Waals surface area contributed by atoms with Crippen molar-refractivity contribution in [2.75, 3.05) is 0 Å². The molecule has 150 valence electrons. The molecule has 1 aromatic carbocycles. The molecule has 2 amide bonds. The minimum Gasteiger partial charge on any atom is -0.368 e. The van der Waals surface area contributed by atoms with E-state index in [4.69, 9.17) is 10.5 Å². The van der Waals surface area contributed by atoms with Crippen LogP contribution in [0.5, 0.6) is 0 Å². The summed E-state index contributed by atoms with van der Waals surface area (Å²) < 4.78 is 5.98. The number of thiophene rings is 1. The number of H-pyrrole nitrogens is 1. The van der Waals surface area contributed by atoms with Gasteiger partial charge >= 0.3 is 6.03 Å². The number of amides is 2. The normalized spacial score (nSPS) is 12.8. The van der Waals surface area contributed by atoms with Gasteiger partial charge in [0.05, 0.1) is 17.6 Å². The van der Waals surface area contributed by atoms with Gasteiger partial charge in [-0.25, -0.2) is 4.79 Å². The van der Waals surface area contributed by atoms with E-state index in [0.29, 0.717) is 11.7 Å². The predicted octanol–water partition coefficient (Wildman–Crippen LogP) is 3.38. The standard InChI is InChI=1S/C21H21N3O4S/c1-13(24(27)21(22)26)3-6-17-7-9-19(29-17)14(2)28-12-15-4-8-18-16(11-15)5-10-20(25)23-18/h4-5,7-11,13-14,27H,12H2,1-2H3,(H2,22,26)(H,23,25)/t13-,14?/m1/s1. The van der Waals surface area contributed by atoms with Gasteiger partial charge in [0.1, 0.15) is 6.04 Å². The van der Waals surface area contributed by atoms with Crippen molar-refractivity contribution in [3.05, 3.63) is 68.1 Å². The van der Waals surface area contributed by atoms with Gasteiger partial charge in [-0.3, -0.25) is 10.0 Å². The molecule has 0 aliphatic heterocycles. The molecule has 0 aliphatic carbocycles. The van der Waals surface area contributed by atoms with Crippen LogP contribution in [-0.4, -0.2) is 27.3 Å². The third-order valence-corrected chi connectivity index (χ3v) is 5.47. The SMILES string of the molecule is CC(OCc1ccc2[nH]c(=O)ccc2c1)c1ccc(C#C[C@@H](C)N(O)C(N)=O)s1. The Morgan fingerprint density at radius 1 is 1.28 bits per heavy atom. The number of aromatic amines is 1. The van der Waals surface area contributed by atoms with Crippen LogP contribution in [0.25, 0.3) is 10.9 Å². The van der Waals surface area contributed by atoms with Crippen molar-refractivity contribution in [3.63, 3.8) is 0 Å². The second-order valence-electron chi connectivity index (χ2n) is 6.53. The van der Waals surface area contributed by atoms with E-state index >= 15 is 0 Å². The summed E-state index contributed by atoms with van der Waals surface area (Å²) in [5.41, 5.74) is 6.69. The first kappa shape index (κ1) is 20.6. The summed E-state index contributed by atoms with van der Waals surface area (Å²) >= 11 is 1.49. The van der Waals surface area contributed by atoms with Crippen LogP contribution in [0.3, 0.4) is 0 Å². The number of ether oxygens (including phenoxy) is 1. The molecule has 3 rings (SSSR count). The zero-order chi connectivity index (χ0) is 21.0. The summed E-state index contributed by atoms with van der Waals surface area (Å²) in [4.78, 5) is 26.9. The van der Waals surface area contributed by atoms with Gasteiger partial charge in [-0.05, 0) is 55.1 Å². The molecule has 2 atom stereocenters. The van der Waals surface area contributed by atoms with Gasteiger partial charge in [0, 0.05) is 16.5 Å². The number of primary amides is 1. The zero-order valence-corrected chi connectivity index (χ0v) is 16.8. The lowest BCUT2D eigenvalue weighted by Gasteiger charge is -2.14. The lowest BCUT2D eigenvalue weighted by atomic mass is 10.1. The van der Waals surface area contributed by atoms with E-state index in [1.807, 2.05) is 37.3 Å². The molecule has 7 nitrogen and oxygen atoms in total. The fourth-order valence-electron chi connectivity index (χ4n) is 2.66. The Labute approximate surface area is 171 Å². The number of nitrogens with two attached hydrogens (primary N) is 1. The molecular formula is C21H21N3O4S. The number of rotatable bonds is 5. The van der Waals surface area contributed by atoms with Crippen LogP contribution in [0.4, 0.5) is 4.79 Å². The van der Waals surface area contributed by atoms with Gasteiger partial charge in [-0.15, -0.1) is 11.3 Å². The number of nitrogens with one attached hydrogen (secondary N) is 1. The summed E-state index contributed by atoms with van der Waals surface area (Å²) in [5.74, 6) is 5.71. The van der Waals surface area contributed by atoms with Gasteiger partial charge in [0.2, 0.25) is 5.56 Å². The quantitative estimate of drug-likeness (QED) is 0.340. The first-order valence-corrected chi connectivity index (χ1v) is 9.77. The van der Waals surface area contributed by atoms with Crippen molar-refractivity contribution in [3.8, 4) is 11.8 Å². The van der Waals surface area contributed by atoms with Crippen LogP contribution in [-0.2, 0) is 11.3 Å². The average molecular weight is 411 g/mol. The second-order valence-corrected chi connectivity index (χ2v) is 7.64. The van der Waals surface area contributed by atoms with Gasteiger partial charge in [0.25, 0.3) is 0 Å². The van der Waals surface area contributed by atoms with Crippen LogP contribution in [0.1, 0.15) is 35.3 Å². The minimum atomic E-state index is -0.944. The smallest absolute Gasteiger partial charge is 0.339 e. The van der Waals surface area contributed by atoms with Gasteiger partial charge in [-0.2, -0.15) is 5.06 Å². The Bertz CT molecular complexity index is 1140. The largest absolute Gasteiger partial charge is 0.368 e. The Kier molecular flexibility index (Phi) is 6.34. The number of pyridine rings is 1. The van der Waals surface area contributed by atoms with Gasteiger partial charge < -0.3 is 15.5 Å². The van der Waals surface area contributed by atoms with Crippen LogP contribution < -0.4 is 11.3 Å². The Balaban J connectivity index is 1.62. The molecule has 4 N–H and O–H groups in total. The molecule has 0 spiro atoms. The number of benzene rings is 1. The summed E-state index contributed by atoms with van der Waals surface area (Å²) in [7, 11) is 0. The molecule has 1 unspecified atom stereocenters. The van der Waals surface area contributed by atoms with Crippen molar-refractivity contribution in [2.45, 2.75) is 32.6 Å². The van der Waals surface area contributed by atoms with E-state index < -0.39 is 12.1 Å². The average Bonchev–Trinajstić information content (AvgIpc) is 3.18. The summed E-state index contributed by atoms with van der Waals surface area (Å²) in [5, 5.41) is 10.8. The first-order chi connectivity index (χ1) is 13.8. The van der Waals surface area contributed by atoms with E-state index in [1.165, 1.54) is 17.4 Å². The van der Waals surface area contributed by atoms with E-state index in [9.17, 15) is 14.8 Å². The highest BCUT2D eigenvalue weighted by molar-refractivity contribution is 7.12. The number of urea groups is 1. The van der Waals surface area contributed by atoms with Crippen molar-refractivity contribution in [2.24, 2.45) is 5.73 Å². The fourth-order valence-corrected chi connectivity index (χ4v) is 3.53. The number of hydrogen-bond acceptors (Lipinski definition) is 5. The lowest BCUT2D eigenvalue weighted by molar-refractivity contribution is -0.0536. The van der Waals surface area contributed by atoms with Crippen molar-refractivity contribution in [1.29, 1.82) is 0 Å². The second kappa shape index (κ2) is 8.92. The molecule has 0 aliphatic rings. The lowest BCUT2D eigenvalue weighted by Crippen LogP contribution is -2.38. The highest BCUT2D eigenvalue weighted by Gasteiger charge is 2.12. The van der Waals surface area contributed by atoms with Crippen LogP contribution in [0.2, 0.25) is 0 Å². The number of hydroxylamine groups is 2. The number of hydrogen-bond donors (Lipinski definition) is 3. The van der Waals surface area contributed by atoms with Gasteiger partial charge in [-0.1, -0.05) is 17.9 Å². The zero-order valence-electron chi connectivity index (χ0n) is 16.0. The van der Waals surface area contributed by atoms with Crippen LogP contribution in [0, 0.1) is 11.8 Å². The maximum atomic E-state index is 11.4. The summed E-state index contributed by atoms with van der Waals surface area (Å²) in [6, 6.07) is 11.3.